The fourth-order valence-electron chi connectivity index (χ4n) is 2.79. The van der Waals surface area contributed by atoms with Crippen LogP contribution in [0.2, 0.25) is 0 Å². The quantitative estimate of drug-likeness (QED) is 0.768. The number of halogens is 1. The van der Waals surface area contributed by atoms with Crippen LogP contribution in [0.3, 0.4) is 0 Å². The number of piperidine rings is 1. The normalized spacial score (nSPS) is 21.6. The minimum atomic E-state index is -0.947. The second kappa shape index (κ2) is 10.8. The Labute approximate surface area is 152 Å². The summed E-state index contributed by atoms with van der Waals surface area (Å²) in [6.45, 7) is 3.49. The first-order valence-corrected chi connectivity index (χ1v) is 9.54. The zero-order chi connectivity index (χ0) is 16.7. The van der Waals surface area contributed by atoms with Crippen LogP contribution >= 0.6 is 12.4 Å². The van der Waals surface area contributed by atoms with Gasteiger partial charge >= 0.3 is 0 Å². The lowest BCUT2D eigenvalue weighted by atomic mass is 9.92. The molecule has 0 bridgehead atoms. The average Bonchev–Trinajstić information content (AvgIpc) is 2.53. The smallest absolute Gasteiger partial charge is 0.227 e. The van der Waals surface area contributed by atoms with E-state index in [4.69, 9.17) is 4.74 Å². The first-order valence-electron chi connectivity index (χ1n) is 8.05. The van der Waals surface area contributed by atoms with Crippen molar-refractivity contribution in [3.05, 3.63) is 29.8 Å². The molecule has 0 saturated carbocycles. The van der Waals surface area contributed by atoms with Crippen LogP contribution < -0.4 is 10.6 Å². The van der Waals surface area contributed by atoms with E-state index in [1.165, 1.54) is 0 Å². The summed E-state index contributed by atoms with van der Waals surface area (Å²) < 4.78 is 16.9. The Balaban J connectivity index is 0.00000288. The van der Waals surface area contributed by atoms with E-state index in [2.05, 4.69) is 17.6 Å². The molecule has 2 N–H and O–H groups in total. The predicted molar refractivity (Wildman–Crippen MR) is 101 cm³/mol. The van der Waals surface area contributed by atoms with Gasteiger partial charge < -0.3 is 15.4 Å². The van der Waals surface area contributed by atoms with Crippen LogP contribution in [0.4, 0.5) is 5.69 Å². The number of carbonyl (C=O) groups excluding carboxylic acids is 1. The van der Waals surface area contributed by atoms with Gasteiger partial charge in [-0.1, -0.05) is 12.1 Å². The van der Waals surface area contributed by atoms with Crippen LogP contribution in [0.25, 0.3) is 0 Å². The van der Waals surface area contributed by atoms with Crippen molar-refractivity contribution >= 4 is 34.8 Å². The predicted octanol–water partition coefficient (Wildman–Crippen LogP) is 2.33. The van der Waals surface area contributed by atoms with Crippen molar-refractivity contribution in [1.82, 2.24) is 5.32 Å². The lowest BCUT2D eigenvalue weighted by Crippen LogP contribution is -2.40. The molecule has 1 aromatic rings. The van der Waals surface area contributed by atoms with Crippen molar-refractivity contribution < 1.29 is 13.7 Å². The molecule has 1 fully saturated rings. The first kappa shape index (κ1) is 21.1. The first-order chi connectivity index (χ1) is 11.1. The summed E-state index contributed by atoms with van der Waals surface area (Å²) in [6.07, 6.45) is 1.74. The van der Waals surface area contributed by atoms with E-state index >= 15 is 0 Å². The van der Waals surface area contributed by atoms with Gasteiger partial charge in [0.2, 0.25) is 5.91 Å². The van der Waals surface area contributed by atoms with Gasteiger partial charge in [-0.05, 0) is 44.0 Å². The molecule has 3 atom stereocenters. The van der Waals surface area contributed by atoms with Crippen LogP contribution in [0.5, 0.6) is 0 Å². The highest BCUT2D eigenvalue weighted by molar-refractivity contribution is 7.84. The highest BCUT2D eigenvalue weighted by atomic mass is 35.5. The highest BCUT2D eigenvalue weighted by Gasteiger charge is 2.24. The molecule has 7 heteroatoms. The molecule has 24 heavy (non-hydrogen) atoms. The summed E-state index contributed by atoms with van der Waals surface area (Å²) in [7, 11) is 0.659. The van der Waals surface area contributed by atoms with Gasteiger partial charge in [-0.15, -0.1) is 12.4 Å². The number of anilines is 1. The summed E-state index contributed by atoms with van der Waals surface area (Å²) in [5.74, 6) is 1.15. The standard InChI is InChI=1S/C17H26N2O3S.ClH/c1-13-10-15(6-7-18-13)17(20)19-16-5-3-4-14(11-16)12-23(21)9-8-22-2;/h3-5,11,13,15,18H,6-10,12H2,1-2H3,(H,19,20);1H/t13-,15-,23?;/m0./s1. The fourth-order valence-corrected chi connectivity index (χ4v) is 3.84. The molecule has 1 saturated heterocycles. The number of rotatable bonds is 7. The Morgan fingerprint density at radius 2 is 2.25 bits per heavy atom. The number of hydrogen-bond acceptors (Lipinski definition) is 4. The van der Waals surface area contributed by atoms with E-state index in [0.29, 0.717) is 24.2 Å². The third-order valence-electron chi connectivity index (χ3n) is 4.03. The van der Waals surface area contributed by atoms with Crippen molar-refractivity contribution in [1.29, 1.82) is 0 Å². The lowest BCUT2D eigenvalue weighted by Gasteiger charge is -2.27. The van der Waals surface area contributed by atoms with Crippen LogP contribution in [0.1, 0.15) is 25.3 Å². The molecule has 1 heterocycles. The fraction of sp³-hybridized carbons (Fsp3) is 0.588. The molecule has 1 amide bonds. The van der Waals surface area contributed by atoms with Gasteiger partial charge in [0.1, 0.15) is 0 Å². The van der Waals surface area contributed by atoms with Gasteiger partial charge in [0.15, 0.2) is 0 Å². The molecule has 0 radical (unpaired) electrons. The maximum atomic E-state index is 12.4. The minimum Gasteiger partial charge on any atom is -0.384 e. The van der Waals surface area contributed by atoms with Gasteiger partial charge in [-0.2, -0.15) is 0 Å². The Hall–Kier alpha value is -0.950. The maximum Gasteiger partial charge on any atom is 0.227 e. The van der Waals surface area contributed by atoms with Gasteiger partial charge in [-0.3, -0.25) is 9.00 Å². The summed E-state index contributed by atoms with van der Waals surface area (Å²) in [5, 5.41) is 6.35. The summed E-state index contributed by atoms with van der Waals surface area (Å²) in [5.41, 5.74) is 1.75. The van der Waals surface area contributed by atoms with E-state index in [1.807, 2.05) is 24.3 Å². The number of benzene rings is 1. The number of nitrogens with one attached hydrogen (secondary N) is 2. The molecule has 0 aliphatic carbocycles. The summed E-state index contributed by atoms with van der Waals surface area (Å²) >= 11 is 0. The molecule has 0 aromatic heterocycles. The summed E-state index contributed by atoms with van der Waals surface area (Å²) in [6, 6.07) is 8.00. The van der Waals surface area contributed by atoms with Crippen molar-refractivity contribution in [2.75, 3.05) is 31.3 Å². The van der Waals surface area contributed by atoms with E-state index in [0.717, 1.165) is 30.6 Å². The Morgan fingerprint density at radius 1 is 1.46 bits per heavy atom. The number of amides is 1. The van der Waals surface area contributed by atoms with Gasteiger partial charge in [-0.25, -0.2) is 0 Å². The van der Waals surface area contributed by atoms with Crippen molar-refractivity contribution in [3.63, 3.8) is 0 Å². The Bertz CT molecular complexity index is 556. The third-order valence-corrected chi connectivity index (χ3v) is 5.31. The van der Waals surface area contributed by atoms with Gasteiger partial charge in [0, 0.05) is 47.1 Å². The molecule has 2 rings (SSSR count). The lowest BCUT2D eigenvalue weighted by molar-refractivity contribution is -0.120. The minimum absolute atomic E-state index is 0. The second-order valence-corrected chi connectivity index (χ2v) is 7.62. The van der Waals surface area contributed by atoms with Crippen molar-refractivity contribution in [2.24, 2.45) is 5.92 Å². The third kappa shape index (κ3) is 6.89. The average molecular weight is 375 g/mol. The van der Waals surface area contributed by atoms with Crippen LogP contribution in [0, 0.1) is 5.92 Å². The monoisotopic (exact) mass is 374 g/mol. The molecule has 1 aromatic carbocycles. The van der Waals surface area contributed by atoms with E-state index < -0.39 is 10.8 Å². The molecule has 1 unspecified atom stereocenters. The molecular formula is C17H27ClN2O3S. The van der Waals surface area contributed by atoms with Gasteiger partial charge in [0.05, 0.1) is 6.61 Å². The van der Waals surface area contributed by atoms with Crippen LogP contribution in [-0.4, -0.2) is 42.2 Å². The number of hydrogen-bond donors (Lipinski definition) is 2. The van der Waals surface area contributed by atoms with E-state index in [-0.39, 0.29) is 24.2 Å². The zero-order valence-electron chi connectivity index (χ0n) is 14.2. The van der Waals surface area contributed by atoms with E-state index in [1.54, 1.807) is 7.11 Å². The molecule has 136 valence electrons. The van der Waals surface area contributed by atoms with Crippen molar-refractivity contribution in [2.45, 2.75) is 31.6 Å². The molecule has 0 spiro atoms. The topological polar surface area (TPSA) is 67.4 Å². The van der Waals surface area contributed by atoms with Gasteiger partial charge in [0.25, 0.3) is 0 Å². The molecular weight excluding hydrogens is 348 g/mol. The zero-order valence-corrected chi connectivity index (χ0v) is 15.9. The second-order valence-electron chi connectivity index (χ2n) is 6.05. The number of methoxy groups -OCH3 is 1. The highest BCUT2D eigenvalue weighted by Crippen LogP contribution is 2.19. The van der Waals surface area contributed by atoms with Crippen molar-refractivity contribution in [3.8, 4) is 0 Å². The Morgan fingerprint density at radius 3 is 2.96 bits per heavy atom. The number of ether oxygens (including phenoxy) is 1. The van der Waals surface area contributed by atoms with E-state index in [9.17, 15) is 9.00 Å². The molecule has 1 aliphatic heterocycles. The maximum absolute atomic E-state index is 12.4. The van der Waals surface area contributed by atoms with Crippen LogP contribution in [0.15, 0.2) is 24.3 Å². The van der Waals surface area contributed by atoms with Crippen LogP contribution in [-0.2, 0) is 26.1 Å². The Kier molecular flexibility index (Phi) is 9.51. The summed E-state index contributed by atoms with van der Waals surface area (Å²) in [4.78, 5) is 12.4. The largest absolute Gasteiger partial charge is 0.384 e. The molecule has 1 aliphatic rings. The molecule has 5 nitrogen and oxygen atoms in total. The number of carbonyl (C=O) groups is 1. The SMILES string of the molecule is COCCS(=O)Cc1cccc(NC(=O)[C@H]2CCN[C@@H](C)C2)c1.Cl.